The Labute approximate surface area is 192 Å². The van der Waals surface area contributed by atoms with Crippen molar-refractivity contribution in [3.8, 4) is 0 Å². The zero-order valence-corrected chi connectivity index (χ0v) is 18.4. The molecule has 2 amide bonds. The van der Waals surface area contributed by atoms with Crippen LogP contribution in [0.2, 0.25) is 0 Å². The maximum absolute atomic E-state index is 13.9. The van der Waals surface area contributed by atoms with Gasteiger partial charge in [0.15, 0.2) is 0 Å². The van der Waals surface area contributed by atoms with Crippen LogP contribution in [-0.4, -0.2) is 23.3 Å². The van der Waals surface area contributed by atoms with E-state index in [4.69, 9.17) is 0 Å². The molecule has 4 rings (SSSR count). The van der Waals surface area contributed by atoms with Gasteiger partial charge in [-0.2, -0.15) is 0 Å². The van der Waals surface area contributed by atoms with Crippen molar-refractivity contribution in [2.45, 2.75) is 32.4 Å². The molecule has 0 aliphatic carbocycles. The van der Waals surface area contributed by atoms with Gasteiger partial charge < -0.3 is 10.2 Å². The Kier molecular flexibility index (Phi) is 6.82. The summed E-state index contributed by atoms with van der Waals surface area (Å²) < 4.78 is 27.3. The maximum Gasteiger partial charge on any atom is 0.254 e. The van der Waals surface area contributed by atoms with Crippen LogP contribution in [0.4, 0.5) is 8.78 Å². The van der Waals surface area contributed by atoms with Gasteiger partial charge in [0.2, 0.25) is 5.91 Å². The molecule has 6 heteroatoms. The summed E-state index contributed by atoms with van der Waals surface area (Å²) in [7, 11) is 0. The summed E-state index contributed by atoms with van der Waals surface area (Å²) in [6.45, 7) is 2.32. The molecule has 1 fully saturated rings. The lowest BCUT2D eigenvalue weighted by atomic mass is 9.87. The summed E-state index contributed by atoms with van der Waals surface area (Å²) in [5.41, 5.74) is 2.89. The van der Waals surface area contributed by atoms with Crippen molar-refractivity contribution >= 4 is 11.8 Å². The number of benzene rings is 3. The van der Waals surface area contributed by atoms with Crippen molar-refractivity contribution < 1.29 is 18.4 Å². The van der Waals surface area contributed by atoms with Crippen LogP contribution in [0.5, 0.6) is 0 Å². The highest BCUT2D eigenvalue weighted by atomic mass is 19.1. The Balaban J connectivity index is 1.54. The second kappa shape index (κ2) is 9.94. The quantitative estimate of drug-likeness (QED) is 0.585. The molecule has 1 aliphatic heterocycles. The molecule has 1 saturated heterocycles. The first-order valence-electron chi connectivity index (χ1n) is 11.1. The zero-order valence-electron chi connectivity index (χ0n) is 18.4. The lowest BCUT2D eigenvalue weighted by Crippen LogP contribution is -2.47. The normalized spacial score (nSPS) is 18.1. The molecule has 0 spiro atoms. The molecule has 1 heterocycles. The van der Waals surface area contributed by atoms with E-state index in [2.05, 4.69) is 5.32 Å². The standard InChI is InChI=1S/C27H26F2N2O2/c1-18-5-4-7-20(15-18)25-14-11-22(26(32)30-16-21-6-2-3-8-24(21)29)17-31(25)27(33)19-9-12-23(28)13-10-19/h2-10,12-13,15,22,25H,11,14,16-17H2,1H3,(H,30,32)/t22-,25+/m1/s1. The third-order valence-corrected chi connectivity index (χ3v) is 6.14. The molecular formula is C27H26F2N2O2. The Bertz CT molecular complexity index is 1150. The van der Waals surface area contributed by atoms with Gasteiger partial charge in [-0.3, -0.25) is 9.59 Å². The molecule has 0 radical (unpaired) electrons. The summed E-state index contributed by atoms with van der Waals surface area (Å²) in [6.07, 6.45) is 1.23. The second-order valence-electron chi connectivity index (χ2n) is 8.48. The molecule has 0 bridgehead atoms. The maximum atomic E-state index is 13.9. The smallest absolute Gasteiger partial charge is 0.254 e. The van der Waals surface area contributed by atoms with E-state index in [0.29, 0.717) is 24.0 Å². The minimum atomic E-state index is -0.415. The van der Waals surface area contributed by atoms with Crippen molar-refractivity contribution in [3.05, 3.63) is 107 Å². The third kappa shape index (κ3) is 5.28. The van der Waals surface area contributed by atoms with Gasteiger partial charge in [-0.25, -0.2) is 8.78 Å². The summed E-state index contributed by atoms with van der Waals surface area (Å²) >= 11 is 0. The topological polar surface area (TPSA) is 49.4 Å². The van der Waals surface area contributed by atoms with E-state index in [0.717, 1.165) is 11.1 Å². The summed E-state index contributed by atoms with van der Waals surface area (Å²) in [5, 5.41) is 2.81. The van der Waals surface area contributed by atoms with Gasteiger partial charge in [0.05, 0.1) is 12.0 Å². The molecule has 33 heavy (non-hydrogen) atoms. The monoisotopic (exact) mass is 448 g/mol. The fraction of sp³-hybridized carbons (Fsp3) is 0.259. The number of amides is 2. The number of nitrogens with one attached hydrogen (secondary N) is 1. The molecule has 2 atom stereocenters. The summed E-state index contributed by atoms with van der Waals surface area (Å²) in [5.74, 6) is -1.65. The minimum absolute atomic E-state index is 0.0925. The van der Waals surface area contributed by atoms with E-state index in [-0.39, 0.29) is 36.8 Å². The summed E-state index contributed by atoms with van der Waals surface area (Å²) in [6, 6.07) is 19.6. The molecule has 3 aromatic rings. The Hall–Kier alpha value is -3.54. The van der Waals surface area contributed by atoms with Crippen LogP contribution in [-0.2, 0) is 11.3 Å². The van der Waals surface area contributed by atoms with E-state index in [1.807, 2.05) is 31.2 Å². The average Bonchev–Trinajstić information content (AvgIpc) is 2.83. The Morgan fingerprint density at radius 1 is 0.970 bits per heavy atom. The van der Waals surface area contributed by atoms with Crippen LogP contribution in [0.25, 0.3) is 0 Å². The number of hydrogen-bond donors (Lipinski definition) is 1. The highest BCUT2D eigenvalue weighted by Crippen LogP contribution is 2.35. The number of carbonyl (C=O) groups excluding carboxylic acids is 2. The zero-order chi connectivity index (χ0) is 23.4. The molecular weight excluding hydrogens is 422 g/mol. The molecule has 1 aliphatic rings. The predicted octanol–water partition coefficient (Wildman–Crippen LogP) is 5.18. The minimum Gasteiger partial charge on any atom is -0.352 e. The Morgan fingerprint density at radius 3 is 2.45 bits per heavy atom. The van der Waals surface area contributed by atoms with Gasteiger partial charge in [-0.15, -0.1) is 0 Å². The van der Waals surface area contributed by atoms with Crippen molar-refractivity contribution in [1.82, 2.24) is 10.2 Å². The van der Waals surface area contributed by atoms with Crippen LogP contribution in [0.3, 0.4) is 0 Å². The number of likely N-dealkylation sites (tertiary alicyclic amines) is 1. The number of halogens is 2. The SMILES string of the molecule is Cc1cccc([C@@H]2CC[C@@H](C(=O)NCc3ccccc3F)CN2C(=O)c2ccc(F)cc2)c1. The van der Waals surface area contributed by atoms with Crippen molar-refractivity contribution in [2.24, 2.45) is 5.92 Å². The largest absolute Gasteiger partial charge is 0.352 e. The van der Waals surface area contributed by atoms with Gasteiger partial charge in [0.1, 0.15) is 11.6 Å². The summed E-state index contributed by atoms with van der Waals surface area (Å²) in [4.78, 5) is 28.0. The van der Waals surface area contributed by atoms with E-state index in [1.165, 1.54) is 30.3 Å². The number of aryl methyl sites for hydroxylation is 1. The second-order valence-corrected chi connectivity index (χ2v) is 8.48. The van der Waals surface area contributed by atoms with Crippen LogP contribution in [0.15, 0.2) is 72.8 Å². The van der Waals surface area contributed by atoms with E-state index in [9.17, 15) is 18.4 Å². The van der Waals surface area contributed by atoms with Crippen LogP contribution < -0.4 is 5.32 Å². The number of rotatable bonds is 5. The average molecular weight is 449 g/mol. The van der Waals surface area contributed by atoms with E-state index < -0.39 is 11.7 Å². The number of piperidine rings is 1. The number of hydrogen-bond acceptors (Lipinski definition) is 2. The molecule has 0 unspecified atom stereocenters. The van der Waals surface area contributed by atoms with Crippen molar-refractivity contribution in [3.63, 3.8) is 0 Å². The van der Waals surface area contributed by atoms with Crippen LogP contribution >= 0.6 is 0 Å². The molecule has 170 valence electrons. The molecule has 0 aromatic heterocycles. The molecule has 4 nitrogen and oxygen atoms in total. The Morgan fingerprint density at radius 2 is 1.73 bits per heavy atom. The highest BCUT2D eigenvalue weighted by Gasteiger charge is 2.36. The van der Waals surface area contributed by atoms with Crippen LogP contribution in [0.1, 0.15) is 45.9 Å². The first kappa shape index (κ1) is 22.6. The molecule has 1 N–H and O–H groups in total. The highest BCUT2D eigenvalue weighted by molar-refractivity contribution is 5.95. The van der Waals surface area contributed by atoms with Crippen molar-refractivity contribution in [1.29, 1.82) is 0 Å². The van der Waals surface area contributed by atoms with E-state index in [1.54, 1.807) is 23.1 Å². The lowest BCUT2D eigenvalue weighted by Gasteiger charge is -2.39. The van der Waals surface area contributed by atoms with E-state index >= 15 is 0 Å². The molecule has 0 saturated carbocycles. The number of carbonyl (C=O) groups is 2. The lowest BCUT2D eigenvalue weighted by molar-refractivity contribution is -0.127. The fourth-order valence-corrected chi connectivity index (χ4v) is 4.36. The van der Waals surface area contributed by atoms with Gasteiger partial charge in [0, 0.05) is 24.2 Å². The number of nitrogens with zero attached hydrogens (tertiary/aromatic N) is 1. The predicted molar refractivity (Wildman–Crippen MR) is 122 cm³/mol. The van der Waals surface area contributed by atoms with Gasteiger partial charge in [-0.05, 0) is 55.7 Å². The van der Waals surface area contributed by atoms with Crippen molar-refractivity contribution in [2.75, 3.05) is 6.54 Å². The van der Waals surface area contributed by atoms with Gasteiger partial charge in [-0.1, -0.05) is 48.0 Å². The molecule has 3 aromatic carbocycles. The first-order chi connectivity index (χ1) is 15.9. The van der Waals surface area contributed by atoms with Gasteiger partial charge >= 0.3 is 0 Å². The van der Waals surface area contributed by atoms with Gasteiger partial charge in [0.25, 0.3) is 5.91 Å². The van der Waals surface area contributed by atoms with Crippen LogP contribution in [0, 0.1) is 24.5 Å². The first-order valence-corrected chi connectivity index (χ1v) is 11.1. The fourth-order valence-electron chi connectivity index (χ4n) is 4.36. The third-order valence-electron chi connectivity index (χ3n) is 6.14.